The molecular formula is C45H74N2O15. The monoisotopic (exact) mass is 883 g/mol. The number of nitrogens with zero attached hydrogens (tertiary/aromatic N) is 1. The van der Waals surface area contributed by atoms with Gasteiger partial charge in [-0.15, -0.1) is 0 Å². The molecule has 1 aliphatic carbocycles. The molecule has 0 saturated heterocycles. The fourth-order valence-corrected chi connectivity index (χ4v) is 5.86. The summed E-state index contributed by atoms with van der Waals surface area (Å²) in [5.41, 5.74) is 4.77. The summed E-state index contributed by atoms with van der Waals surface area (Å²) in [6, 6.07) is 16.5. The highest BCUT2D eigenvalue weighted by Crippen LogP contribution is 2.44. The van der Waals surface area contributed by atoms with Crippen molar-refractivity contribution in [1.82, 2.24) is 10.2 Å². The van der Waals surface area contributed by atoms with Crippen molar-refractivity contribution in [2.45, 2.75) is 5.92 Å². The molecule has 2 aromatic carbocycles. The van der Waals surface area contributed by atoms with Crippen molar-refractivity contribution >= 4 is 6.09 Å². The summed E-state index contributed by atoms with van der Waals surface area (Å²) in [7, 11) is 4.04. The Labute approximate surface area is 369 Å². The van der Waals surface area contributed by atoms with Crippen molar-refractivity contribution in [3.8, 4) is 11.1 Å². The van der Waals surface area contributed by atoms with Crippen LogP contribution in [0.25, 0.3) is 11.1 Å². The van der Waals surface area contributed by atoms with Crippen LogP contribution in [0.5, 0.6) is 0 Å². The normalized spacial score (nSPS) is 12.3. The van der Waals surface area contributed by atoms with Crippen LogP contribution in [0.4, 0.5) is 4.79 Å². The van der Waals surface area contributed by atoms with E-state index in [0.717, 1.165) is 6.54 Å². The zero-order chi connectivity index (χ0) is 43.8. The van der Waals surface area contributed by atoms with Crippen molar-refractivity contribution < 1.29 is 71.1 Å². The number of hydrogen-bond acceptors (Lipinski definition) is 16. The Kier molecular flexibility index (Phi) is 33.3. The molecule has 17 nitrogen and oxygen atoms in total. The number of alkyl carbamates (subject to hydrolysis) is 1. The van der Waals surface area contributed by atoms with E-state index in [-0.39, 0.29) is 12.5 Å². The van der Waals surface area contributed by atoms with Crippen LogP contribution in [0, 0.1) is 0 Å². The second-order valence-electron chi connectivity index (χ2n) is 14.0. The van der Waals surface area contributed by atoms with E-state index >= 15 is 0 Å². The third-order valence-corrected chi connectivity index (χ3v) is 9.01. The van der Waals surface area contributed by atoms with Crippen LogP contribution < -0.4 is 5.32 Å². The highest BCUT2D eigenvalue weighted by Gasteiger charge is 2.29. The number of hydrogen-bond donors (Lipinski definition) is 1. The van der Waals surface area contributed by atoms with Gasteiger partial charge in [-0.1, -0.05) is 48.5 Å². The SMILES string of the molecule is CN(C)CCOCCOCCOCCOCCOCCOCCOCCOCCOCCOCCOCCOCCOCCNC(=O)OCC1c2ccccc2-c2ccccc21. The molecule has 0 spiro atoms. The second-order valence-corrected chi connectivity index (χ2v) is 14.0. The lowest BCUT2D eigenvalue weighted by molar-refractivity contribution is -0.0290. The van der Waals surface area contributed by atoms with Gasteiger partial charge in [-0.3, -0.25) is 0 Å². The molecule has 62 heavy (non-hydrogen) atoms. The number of ether oxygens (including phenoxy) is 14. The summed E-state index contributed by atoms with van der Waals surface area (Å²) in [5.74, 6) is 0.0341. The number of fused-ring (bicyclic) bond motifs is 3. The third-order valence-electron chi connectivity index (χ3n) is 9.01. The highest BCUT2D eigenvalue weighted by atomic mass is 16.6. The van der Waals surface area contributed by atoms with Crippen LogP contribution >= 0.6 is 0 Å². The van der Waals surface area contributed by atoms with Gasteiger partial charge in [-0.2, -0.15) is 0 Å². The molecule has 0 radical (unpaired) electrons. The number of likely N-dealkylation sites (N-methyl/N-ethyl adjacent to an activating group) is 1. The Bertz CT molecular complexity index is 1300. The van der Waals surface area contributed by atoms with Crippen LogP contribution in [-0.2, 0) is 66.3 Å². The predicted molar refractivity (Wildman–Crippen MR) is 232 cm³/mol. The summed E-state index contributed by atoms with van der Waals surface area (Å²) in [6.07, 6.45) is -0.454. The Morgan fingerprint density at radius 2 is 0.694 bits per heavy atom. The Morgan fingerprint density at radius 3 is 1.00 bits per heavy atom. The topological polar surface area (TPSA) is 162 Å². The molecule has 3 rings (SSSR count). The van der Waals surface area contributed by atoms with Crippen LogP contribution in [-0.4, -0.2) is 217 Å². The molecule has 1 amide bonds. The molecule has 0 heterocycles. The van der Waals surface area contributed by atoms with Gasteiger partial charge in [0.15, 0.2) is 0 Å². The molecule has 0 bridgehead atoms. The van der Waals surface area contributed by atoms with E-state index in [1.54, 1.807) is 0 Å². The van der Waals surface area contributed by atoms with Crippen LogP contribution in [0.1, 0.15) is 17.0 Å². The average Bonchev–Trinajstić information content (AvgIpc) is 3.60. The fourth-order valence-electron chi connectivity index (χ4n) is 5.86. The van der Waals surface area contributed by atoms with Crippen molar-refractivity contribution in [3.63, 3.8) is 0 Å². The lowest BCUT2D eigenvalue weighted by Gasteiger charge is -2.14. The first-order valence-electron chi connectivity index (χ1n) is 21.9. The highest BCUT2D eigenvalue weighted by molar-refractivity contribution is 5.79. The van der Waals surface area contributed by atoms with Gasteiger partial charge in [0.2, 0.25) is 0 Å². The van der Waals surface area contributed by atoms with E-state index < -0.39 is 6.09 Å². The number of amides is 1. The molecular weight excluding hydrogens is 808 g/mol. The van der Waals surface area contributed by atoms with Gasteiger partial charge < -0.3 is 76.5 Å². The molecule has 1 N–H and O–H groups in total. The van der Waals surface area contributed by atoms with Gasteiger partial charge in [0, 0.05) is 19.0 Å². The summed E-state index contributed by atoms with van der Waals surface area (Å²) >= 11 is 0. The zero-order valence-electron chi connectivity index (χ0n) is 37.3. The minimum atomic E-state index is -0.454. The largest absolute Gasteiger partial charge is 0.449 e. The van der Waals surface area contributed by atoms with E-state index in [0.29, 0.717) is 178 Å². The predicted octanol–water partition coefficient (Wildman–Crippen LogP) is 3.30. The van der Waals surface area contributed by atoms with E-state index in [1.165, 1.54) is 22.3 Å². The number of carbonyl (C=O) groups excluding carboxylic acids is 1. The van der Waals surface area contributed by atoms with Crippen molar-refractivity contribution in [2.24, 2.45) is 0 Å². The van der Waals surface area contributed by atoms with Crippen molar-refractivity contribution in [3.05, 3.63) is 59.7 Å². The van der Waals surface area contributed by atoms with Crippen LogP contribution in [0.15, 0.2) is 48.5 Å². The average molecular weight is 883 g/mol. The molecule has 2 aromatic rings. The van der Waals surface area contributed by atoms with E-state index in [9.17, 15) is 4.79 Å². The zero-order valence-corrected chi connectivity index (χ0v) is 37.3. The smallest absolute Gasteiger partial charge is 0.407 e. The Morgan fingerprint density at radius 1 is 0.419 bits per heavy atom. The molecule has 354 valence electrons. The summed E-state index contributed by atoms with van der Waals surface area (Å²) in [5, 5.41) is 2.75. The summed E-state index contributed by atoms with van der Waals surface area (Å²) in [4.78, 5) is 14.3. The maximum Gasteiger partial charge on any atom is 0.407 e. The first-order valence-corrected chi connectivity index (χ1v) is 21.9. The Hall–Kier alpha value is -2.85. The van der Waals surface area contributed by atoms with Gasteiger partial charge in [-0.05, 0) is 36.3 Å². The quantitative estimate of drug-likeness (QED) is 0.0965. The van der Waals surface area contributed by atoms with E-state index in [2.05, 4.69) is 34.5 Å². The lowest BCUT2D eigenvalue weighted by atomic mass is 9.98. The van der Waals surface area contributed by atoms with Crippen molar-refractivity contribution in [2.75, 3.05) is 206 Å². The van der Waals surface area contributed by atoms with Crippen LogP contribution in [0.2, 0.25) is 0 Å². The number of benzene rings is 2. The fraction of sp³-hybridized carbons (Fsp3) is 0.711. The summed E-state index contributed by atoms with van der Waals surface area (Å²) in [6.45, 7) is 14.6. The maximum absolute atomic E-state index is 12.3. The van der Waals surface area contributed by atoms with Gasteiger partial charge in [0.05, 0.1) is 172 Å². The maximum atomic E-state index is 12.3. The van der Waals surface area contributed by atoms with E-state index in [1.807, 2.05) is 38.4 Å². The molecule has 0 fully saturated rings. The lowest BCUT2D eigenvalue weighted by Crippen LogP contribution is -2.29. The summed E-state index contributed by atoms with van der Waals surface area (Å²) < 4.78 is 77.1. The Balaban J connectivity index is 0.912. The van der Waals surface area contributed by atoms with E-state index in [4.69, 9.17) is 66.3 Å². The molecule has 0 aromatic heterocycles. The third kappa shape index (κ3) is 27.4. The standard InChI is InChI=1S/C45H74N2O15/c1-47(2)12-14-50-16-18-52-20-22-54-24-26-56-28-30-58-32-34-60-36-38-61-37-35-59-33-31-57-29-27-55-25-23-53-21-19-51-17-15-49-13-11-46-45(48)62-39-44-42-9-5-3-7-40(42)41-8-4-6-10-43(41)44/h3-10,44H,11-39H2,1-2H3,(H,46,48). The molecule has 17 heteroatoms. The molecule has 0 unspecified atom stereocenters. The van der Waals surface area contributed by atoms with Gasteiger partial charge in [-0.25, -0.2) is 4.79 Å². The van der Waals surface area contributed by atoms with Gasteiger partial charge >= 0.3 is 6.09 Å². The minimum absolute atomic E-state index is 0.0341. The van der Waals surface area contributed by atoms with Gasteiger partial charge in [0.25, 0.3) is 0 Å². The first-order chi connectivity index (χ1) is 30.7. The first kappa shape index (κ1) is 53.5. The number of rotatable bonds is 44. The second kappa shape index (κ2) is 38.6. The molecule has 0 saturated carbocycles. The number of nitrogens with one attached hydrogen (secondary N) is 1. The van der Waals surface area contributed by atoms with Crippen molar-refractivity contribution in [1.29, 1.82) is 0 Å². The molecule has 0 aliphatic heterocycles. The van der Waals surface area contributed by atoms with Gasteiger partial charge in [0.1, 0.15) is 6.61 Å². The minimum Gasteiger partial charge on any atom is -0.449 e. The molecule has 1 aliphatic rings. The van der Waals surface area contributed by atoms with Crippen LogP contribution in [0.3, 0.4) is 0 Å². The number of carbonyl (C=O) groups is 1. The molecule has 0 atom stereocenters.